The minimum atomic E-state index is -0.0200. The van der Waals surface area contributed by atoms with Crippen molar-refractivity contribution in [1.29, 1.82) is 0 Å². The number of H-pyrrole nitrogens is 1. The Kier molecular flexibility index (Phi) is 5.29. The highest BCUT2D eigenvalue weighted by atomic mass is 16.3. The molecule has 3 aromatic rings. The molecule has 2 aromatic carbocycles. The molecule has 3 rings (SSSR count). The van der Waals surface area contributed by atoms with Crippen LogP contribution in [0.5, 0.6) is 0 Å². The molecule has 4 heteroatoms. The molecule has 0 aliphatic heterocycles. The van der Waals surface area contributed by atoms with Gasteiger partial charge in [0, 0.05) is 31.2 Å². The number of hydrogen-bond donors (Lipinski definition) is 2. The maximum Gasteiger partial charge on any atom is 0.223 e. The minimum absolute atomic E-state index is 0.0200. The molecule has 4 nitrogen and oxygen atoms in total. The molecule has 0 aliphatic rings. The number of aryl methyl sites for hydroxylation is 1. The summed E-state index contributed by atoms with van der Waals surface area (Å²) in [5, 5.41) is 10.4. The summed E-state index contributed by atoms with van der Waals surface area (Å²) in [6.45, 7) is 0.884. The molecule has 1 aromatic heterocycles. The van der Waals surface area contributed by atoms with Crippen LogP contribution in [0, 0.1) is 0 Å². The first-order chi connectivity index (χ1) is 11.8. The highest BCUT2D eigenvalue weighted by Gasteiger charge is 2.13. The Morgan fingerprint density at radius 3 is 2.67 bits per heavy atom. The van der Waals surface area contributed by atoms with Crippen molar-refractivity contribution in [3.8, 4) is 0 Å². The summed E-state index contributed by atoms with van der Waals surface area (Å²) >= 11 is 0. The van der Waals surface area contributed by atoms with E-state index >= 15 is 0 Å². The third kappa shape index (κ3) is 4.03. The Balaban J connectivity index is 1.62. The lowest BCUT2D eigenvalue weighted by atomic mass is 10.1. The average Bonchev–Trinajstić information content (AvgIpc) is 3.08. The van der Waals surface area contributed by atoms with E-state index in [2.05, 4.69) is 17.1 Å². The number of carbonyl (C=O) groups excluding carboxylic acids is 1. The van der Waals surface area contributed by atoms with Crippen molar-refractivity contribution < 1.29 is 9.90 Å². The van der Waals surface area contributed by atoms with E-state index in [1.165, 1.54) is 0 Å². The predicted molar refractivity (Wildman–Crippen MR) is 95.6 cm³/mol. The van der Waals surface area contributed by atoms with Gasteiger partial charge >= 0.3 is 0 Å². The van der Waals surface area contributed by atoms with Crippen LogP contribution in [0.1, 0.15) is 17.5 Å². The molecular weight excluding hydrogens is 300 g/mol. The standard InChI is InChI=1S/C20H22N2O2/c23-13-12-22(15-17-4-2-1-3-5-17)20(24)9-7-16-6-8-19-18(14-16)10-11-21-19/h1-6,8,10-11,14,21,23H,7,9,12-13,15H2. The minimum Gasteiger partial charge on any atom is -0.395 e. The largest absolute Gasteiger partial charge is 0.395 e. The number of nitrogens with zero attached hydrogens (tertiary/aromatic N) is 1. The Morgan fingerprint density at radius 1 is 1.04 bits per heavy atom. The Bertz CT molecular complexity index is 796. The molecule has 2 N–H and O–H groups in total. The monoisotopic (exact) mass is 322 g/mol. The van der Waals surface area contributed by atoms with Gasteiger partial charge in [0.05, 0.1) is 6.61 Å². The fourth-order valence-corrected chi connectivity index (χ4v) is 2.88. The second-order valence-electron chi connectivity index (χ2n) is 5.92. The second kappa shape index (κ2) is 7.79. The first-order valence-electron chi connectivity index (χ1n) is 8.25. The Labute approximate surface area is 141 Å². The summed E-state index contributed by atoms with van der Waals surface area (Å²) in [6, 6.07) is 18.1. The van der Waals surface area contributed by atoms with Crippen LogP contribution in [-0.4, -0.2) is 34.0 Å². The van der Waals surface area contributed by atoms with Gasteiger partial charge in [0.25, 0.3) is 0 Å². The number of fused-ring (bicyclic) bond motifs is 1. The van der Waals surface area contributed by atoms with Crippen LogP contribution in [-0.2, 0) is 17.8 Å². The number of carbonyl (C=O) groups is 1. The zero-order valence-corrected chi connectivity index (χ0v) is 13.6. The molecular formula is C20H22N2O2. The molecule has 1 heterocycles. The molecule has 0 unspecified atom stereocenters. The Hall–Kier alpha value is -2.59. The fraction of sp³-hybridized carbons (Fsp3) is 0.250. The van der Waals surface area contributed by atoms with Gasteiger partial charge in [-0.05, 0) is 41.1 Å². The molecule has 0 fully saturated rings. The first-order valence-corrected chi connectivity index (χ1v) is 8.25. The van der Waals surface area contributed by atoms with E-state index in [-0.39, 0.29) is 12.5 Å². The number of benzene rings is 2. The zero-order chi connectivity index (χ0) is 16.8. The van der Waals surface area contributed by atoms with Gasteiger partial charge in [-0.1, -0.05) is 36.4 Å². The van der Waals surface area contributed by atoms with E-state index in [0.29, 0.717) is 25.9 Å². The number of rotatable bonds is 7. The van der Waals surface area contributed by atoms with Gasteiger partial charge in [0.2, 0.25) is 5.91 Å². The summed E-state index contributed by atoms with van der Waals surface area (Å²) < 4.78 is 0. The SMILES string of the molecule is O=C(CCc1ccc2[nH]ccc2c1)N(CCO)Cc1ccccc1. The van der Waals surface area contributed by atoms with E-state index in [9.17, 15) is 9.90 Å². The van der Waals surface area contributed by atoms with Gasteiger partial charge in [-0.25, -0.2) is 0 Å². The van der Waals surface area contributed by atoms with Crippen LogP contribution in [0.3, 0.4) is 0 Å². The van der Waals surface area contributed by atoms with Crippen LogP contribution in [0.15, 0.2) is 60.8 Å². The van der Waals surface area contributed by atoms with Crippen LogP contribution >= 0.6 is 0 Å². The molecule has 0 bridgehead atoms. The molecule has 0 saturated heterocycles. The normalized spacial score (nSPS) is 10.9. The summed E-state index contributed by atoms with van der Waals surface area (Å²) in [5.74, 6) is 0.0714. The van der Waals surface area contributed by atoms with Crippen LogP contribution in [0.2, 0.25) is 0 Å². The lowest BCUT2D eigenvalue weighted by Gasteiger charge is -2.22. The van der Waals surface area contributed by atoms with Crippen molar-refractivity contribution in [1.82, 2.24) is 9.88 Å². The van der Waals surface area contributed by atoms with Crippen molar-refractivity contribution in [3.63, 3.8) is 0 Å². The van der Waals surface area contributed by atoms with Crippen molar-refractivity contribution in [2.24, 2.45) is 0 Å². The van der Waals surface area contributed by atoms with Crippen molar-refractivity contribution in [2.45, 2.75) is 19.4 Å². The van der Waals surface area contributed by atoms with E-state index in [0.717, 1.165) is 22.0 Å². The molecule has 124 valence electrons. The topological polar surface area (TPSA) is 56.3 Å². The lowest BCUT2D eigenvalue weighted by Crippen LogP contribution is -2.33. The summed E-state index contributed by atoms with van der Waals surface area (Å²) in [5.41, 5.74) is 3.34. The van der Waals surface area contributed by atoms with Crippen molar-refractivity contribution in [3.05, 3.63) is 71.9 Å². The quantitative estimate of drug-likeness (QED) is 0.702. The lowest BCUT2D eigenvalue weighted by molar-refractivity contribution is -0.132. The van der Waals surface area contributed by atoms with E-state index in [1.54, 1.807) is 4.90 Å². The zero-order valence-electron chi connectivity index (χ0n) is 13.6. The number of amides is 1. The van der Waals surface area contributed by atoms with Crippen LogP contribution in [0.25, 0.3) is 10.9 Å². The molecule has 0 radical (unpaired) electrons. The Morgan fingerprint density at radius 2 is 1.88 bits per heavy atom. The van der Waals surface area contributed by atoms with E-state index < -0.39 is 0 Å². The molecule has 0 aliphatic carbocycles. The smallest absolute Gasteiger partial charge is 0.223 e. The molecule has 0 spiro atoms. The van der Waals surface area contributed by atoms with Gasteiger partial charge in [-0.15, -0.1) is 0 Å². The number of hydrogen-bond acceptors (Lipinski definition) is 2. The summed E-state index contributed by atoms with van der Waals surface area (Å²) in [6.07, 6.45) is 3.07. The average molecular weight is 322 g/mol. The van der Waals surface area contributed by atoms with E-state index in [1.807, 2.05) is 48.7 Å². The molecule has 0 atom stereocenters. The van der Waals surface area contributed by atoms with Crippen molar-refractivity contribution in [2.75, 3.05) is 13.2 Å². The molecule has 24 heavy (non-hydrogen) atoms. The van der Waals surface area contributed by atoms with Crippen LogP contribution in [0.4, 0.5) is 0 Å². The van der Waals surface area contributed by atoms with Gasteiger partial charge in [-0.2, -0.15) is 0 Å². The maximum atomic E-state index is 12.5. The number of aromatic nitrogens is 1. The third-order valence-corrected chi connectivity index (χ3v) is 4.18. The number of aliphatic hydroxyl groups is 1. The summed E-state index contributed by atoms with van der Waals surface area (Å²) in [4.78, 5) is 17.4. The van der Waals surface area contributed by atoms with E-state index in [4.69, 9.17) is 0 Å². The van der Waals surface area contributed by atoms with Crippen molar-refractivity contribution >= 4 is 16.8 Å². The summed E-state index contributed by atoms with van der Waals surface area (Å²) in [7, 11) is 0. The predicted octanol–water partition coefficient (Wildman–Crippen LogP) is 3.12. The van der Waals surface area contributed by atoms with Crippen LogP contribution < -0.4 is 0 Å². The van der Waals surface area contributed by atoms with Gasteiger partial charge in [0.1, 0.15) is 0 Å². The number of aliphatic hydroxyl groups excluding tert-OH is 1. The third-order valence-electron chi connectivity index (χ3n) is 4.18. The van der Waals surface area contributed by atoms with Gasteiger partial charge in [-0.3, -0.25) is 4.79 Å². The highest BCUT2D eigenvalue weighted by Crippen LogP contribution is 2.16. The van der Waals surface area contributed by atoms with Gasteiger partial charge in [0.15, 0.2) is 0 Å². The first kappa shape index (κ1) is 16.3. The fourth-order valence-electron chi connectivity index (χ4n) is 2.88. The highest BCUT2D eigenvalue weighted by molar-refractivity contribution is 5.80. The molecule has 1 amide bonds. The van der Waals surface area contributed by atoms with Gasteiger partial charge < -0.3 is 15.0 Å². The molecule has 0 saturated carbocycles. The maximum absolute atomic E-state index is 12.5. The number of aromatic amines is 1. The second-order valence-corrected chi connectivity index (χ2v) is 5.92. The number of nitrogens with one attached hydrogen (secondary N) is 1.